The van der Waals surface area contributed by atoms with Gasteiger partial charge in [0.1, 0.15) is 12.1 Å². The number of likely N-dealkylation sites (tertiary alicyclic amines) is 1. The number of urea groups is 1. The first kappa shape index (κ1) is 39.2. The predicted octanol–water partition coefficient (Wildman–Crippen LogP) is 2.71. The van der Waals surface area contributed by atoms with E-state index in [1.54, 1.807) is 4.90 Å². The fourth-order valence-corrected chi connectivity index (χ4v) is 10.2. The highest BCUT2D eigenvalue weighted by Crippen LogP contribution is 2.65. The van der Waals surface area contributed by atoms with Crippen LogP contribution in [0.3, 0.4) is 0 Å². The van der Waals surface area contributed by atoms with Gasteiger partial charge in [0.15, 0.2) is 0 Å². The zero-order valence-electron chi connectivity index (χ0n) is 31.2. The minimum absolute atomic E-state index is 0.0864. The van der Waals surface area contributed by atoms with E-state index in [2.05, 4.69) is 41.7 Å². The van der Waals surface area contributed by atoms with Gasteiger partial charge < -0.3 is 26.2 Å². The van der Waals surface area contributed by atoms with Gasteiger partial charge in [-0.05, 0) is 66.6 Å². The van der Waals surface area contributed by atoms with Crippen LogP contribution in [-0.4, -0.2) is 103 Å². The van der Waals surface area contributed by atoms with E-state index < -0.39 is 63.2 Å². The van der Waals surface area contributed by atoms with Gasteiger partial charge >= 0.3 is 6.03 Å². The number of carbonyl (C=O) groups excluding carboxylic acids is 5. The van der Waals surface area contributed by atoms with Crippen molar-refractivity contribution in [2.75, 3.05) is 31.9 Å². The molecule has 0 aromatic rings. The maximum Gasteiger partial charge on any atom is 0.315 e. The molecule has 3 aliphatic carbocycles. The summed E-state index contributed by atoms with van der Waals surface area (Å²) in [6.45, 7) is 14.6. The van der Waals surface area contributed by atoms with Crippen molar-refractivity contribution in [3.63, 3.8) is 0 Å². The molecule has 51 heavy (non-hydrogen) atoms. The molecule has 286 valence electrons. The summed E-state index contributed by atoms with van der Waals surface area (Å²) in [7, 11) is -3.42. The number of fused-ring (bicyclic) bond motifs is 1. The highest BCUT2D eigenvalue weighted by molar-refractivity contribution is 7.89. The highest BCUT2D eigenvalue weighted by atomic mass is 32.2. The second-order valence-corrected chi connectivity index (χ2v) is 19.4. The Balaban J connectivity index is 1.34. The van der Waals surface area contributed by atoms with E-state index in [4.69, 9.17) is 0 Å². The molecule has 5 aliphatic rings. The summed E-state index contributed by atoms with van der Waals surface area (Å²) in [5.74, 6) is -2.06. The van der Waals surface area contributed by atoms with Crippen LogP contribution >= 0.6 is 0 Å². The van der Waals surface area contributed by atoms with Crippen LogP contribution < -0.4 is 21.3 Å². The molecule has 5 amide bonds. The van der Waals surface area contributed by atoms with Crippen molar-refractivity contribution in [2.24, 2.45) is 34.5 Å². The number of carbonyl (C=O) groups is 5. The molecule has 2 aliphatic heterocycles. The van der Waals surface area contributed by atoms with Gasteiger partial charge in [0.05, 0.1) is 11.8 Å². The average molecular weight is 733 g/mol. The standard InChI is InChI=1S/C37H60N6O7S/c1-7-17-38-33(46)31(44)26(20-23-15-16-23)39-32(45)30-28-25(37(28,5)6)21-43(30)34(47)29(24-13-9-8-10-14-24)41-35(48)40-27(36(2,3)4)22-42-18-11-12-19-51(42,49)50/h7,23-30H,1,8-22H2,2-6H3,(H,38,46)(H,39,45)(H2,40,41,48)/t25-,26?,27+,28-,29-,30-/m0/s1. The summed E-state index contributed by atoms with van der Waals surface area (Å²) < 4.78 is 27.1. The Hall–Kier alpha value is -3.00. The molecule has 0 aromatic heterocycles. The van der Waals surface area contributed by atoms with Crippen molar-refractivity contribution in [1.82, 2.24) is 30.5 Å². The Labute approximate surface area is 303 Å². The van der Waals surface area contributed by atoms with Gasteiger partial charge in [-0.15, -0.1) is 6.58 Å². The number of Topliss-reactive ketones (excluding diaryl/α,β-unsaturated/α-hetero) is 1. The molecule has 0 spiro atoms. The molecule has 0 radical (unpaired) electrons. The Bertz CT molecular complexity index is 1470. The fourth-order valence-electron chi connectivity index (χ4n) is 8.55. The third-order valence-electron chi connectivity index (χ3n) is 12.2. The van der Waals surface area contributed by atoms with Gasteiger partial charge in [-0.25, -0.2) is 13.2 Å². The molecule has 6 atom stereocenters. The molecule has 14 heteroatoms. The topological polar surface area (TPSA) is 174 Å². The molecule has 3 saturated carbocycles. The number of piperidine rings is 1. The molecule has 2 saturated heterocycles. The maximum atomic E-state index is 14.7. The van der Waals surface area contributed by atoms with Crippen LogP contribution in [0, 0.1) is 34.5 Å². The SMILES string of the molecule is C=CCNC(=O)C(=O)C(CC1CC1)NC(=O)[C@@H]1[C@@H]2[C@H](CN1C(=O)[C@@H](NC(=O)N[C@H](CN1CCCCS1(=O)=O)C(C)(C)C)C1CCCCC1)C2(C)C. The van der Waals surface area contributed by atoms with Crippen LogP contribution in [0.15, 0.2) is 12.7 Å². The van der Waals surface area contributed by atoms with Crippen molar-refractivity contribution in [1.29, 1.82) is 0 Å². The number of rotatable bonds is 14. The van der Waals surface area contributed by atoms with Crippen molar-refractivity contribution in [2.45, 2.75) is 123 Å². The summed E-state index contributed by atoms with van der Waals surface area (Å²) in [5, 5.41) is 11.4. The van der Waals surface area contributed by atoms with E-state index in [9.17, 15) is 32.4 Å². The minimum Gasteiger partial charge on any atom is -0.346 e. The summed E-state index contributed by atoms with van der Waals surface area (Å²) in [4.78, 5) is 70.1. The second-order valence-electron chi connectivity index (χ2n) is 17.3. The monoisotopic (exact) mass is 732 g/mol. The van der Waals surface area contributed by atoms with E-state index in [-0.39, 0.29) is 53.8 Å². The third kappa shape index (κ3) is 9.15. The smallest absolute Gasteiger partial charge is 0.315 e. The number of ketones is 1. The quantitative estimate of drug-likeness (QED) is 0.157. The van der Waals surface area contributed by atoms with Gasteiger partial charge in [0, 0.05) is 32.2 Å². The first-order valence-corrected chi connectivity index (χ1v) is 20.6. The number of hydrogen-bond acceptors (Lipinski definition) is 7. The molecular formula is C37H60N6O7S. The molecule has 0 aromatic carbocycles. The van der Waals surface area contributed by atoms with Gasteiger partial charge in [0.2, 0.25) is 27.6 Å². The van der Waals surface area contributed by atoms with E-state index in [0.717, 1.165) is 51.4 Å². The predicted molar refractivity (Wildman–Crippen MR) is 194 cm³/mol. The zero-order valence-corrected chi connectivity index (χ0v) is 32.0. The highest BCUT2D eigenvalue weighted by Gasteiger charge is 2.69. The molecule has 0 bridgehead atoms. The minimum atomic E-state index is -3.42. The van der Waals surface area contributed by atoms with Crippen LogP contribution in [0.2, 0.25) is 0 Å². The van der Waals surface area contributed by atoms with Crippen LogP contribution in [0.5, 0.6) is 0 Å². The Morgan fingerprint density at radius 2 is 1.63 bits per heavy atom. The summed E-state index contributed by atoms with van der Waals surface area (Å²) in [5.41, 5.74) is -0.660. The normalized spacial score (nSPS) is 27.6. The van der Waals surface area contributed by atoms with Crippen LogP contribution in [-0.2, 0) is 29.2 Å². The largest absolute Gasteiger partial charge is 0.346 e. The Morgan fingerprint density at radius 3 is 2.24 bits per heavy atom. The Kier molecular flexibility index (Phi) is 11.9. The lowest BCUT2D eigenvalue weighted by atomic mass is 9.83. The number of hydrogen-bond donors (Lipinski definition) is 4. The van der Waals surface area contributed by atoms with Crippen molar-refractivity contribution >= 4 is 39.6 Å². The van der Waals surface area contributed by atoms with E-state index in [0.29, 0.717) is 25.9 Å². The van der Waals surface area contributed by atoms with Gasteiger partial charge in [-0.2, -0.15) is 4.31 Å². The summed E-state index contributed by atoms with van der Waals surface area (Å²) in [6, 6.07) is -3.78. The molecule has 13 nitrogen and oxygen atoms in total. The molecule has 5 rings (SSSR count). The molecular weight excluding hydrogens is 673 g/mol. The van der Waals surface area contributed by atoms with Crippen LogP contribution in [0.25, 0.3) is 0 Å². The summed E-state index contributed by atoms with van der Waals surface area (Å²) in [6.07, 6.45) is 9.51. The van der Waals surface area contributed by atoms with Crippen molar-refractivity contribution in [3.05, 3.63) is 12.7 Å². The number of amides is 5. The average Bonchev–Trinajstić information content (AvgIpc) is 3.93. The second kappa shape index (κ2) is 15.5. The van der Waals surface area contributed by atoms with E-state index >= 15 is 0 Å². The van der Waals surface area contributed by atoms with Crippen molar-refractivity contribution < 1.29 is 32.4 Å². The maximum absolute atomic E-state index is 14.7. The molecule has 4 N–H and O–H groups in total. The number of nitrogens with zero attached hydrogens (tertiary/aromatic N) is 2. The van der Waals surface area contributed by atoms with Gasteiger partial charge in [-0.3, -0.25) is 19.2 Å². The zero-order chi connectivity index (χ0) is 37.3. The number of nitrogens with one attached hydrogen (secondary N) is 4. The first-order valence-electron chi connectivity index (χ1n) is 19.0. The third-order valence-corrected chi connectivity index (χ3v) is 14.1. The lowest BCUT2D eigenvalue weighted by Crippen LogP contribution is -2.62. The molecule has 2 heterocycles. The van der Waals surface area contributed by atoms with Crippen molar-refractivity contribution in [3.8, 4) is 0 Å². The van der Waals surface area contributed by atoms with E-state index in [1.807, 2.05) is 20.8 Å². The van der Waals surface area contributed by atoms with Gasteiger partial charge in [0.25, 0.3) is 5.91 Å². The lowest BCUT2D eigenvalue weighted by Gasteiger charge is -2.39. The summed E-state index contributed by atoms with van der Waals surface area (Å²) >= 11 is 0. The molecule has 5 fully saturated rings. The van der Waals surface area contributed by atoms with Crippen LogP contribution in [0.1, 0.15) is 98.8 Å². The van der Waals surface area contributed by atoms with Crippen LogP contribution in [0.4, 0.5) is 4.79 Å². The Morgan fingerprint density at radius 1 is 0.941 bits per heavy atom. The molecule has 1 unspecified atom stereocenters. The fraction of sp³-hybridized carbons (Fsp3) is 0.811. The first-order chi connectivity index (χ1) is 24.0. The van der Waals surface area contributed by atoms with Gasteiger partial charge in [-0.1, -0.05) is 72.8 Å². The number of sulfonamides is 1. The van der Waals surface area contributed by atoms with E-state index in [1.165, 1.54) is 10.4 Å². The lowest BCUT2D eigenvalue weighted by molar-refractivity contribution is -0.144.